The first kappa shape index (κ1) is 18.2. The Kier molecular flexibility index (Phi) is 6.56. The van der Waals surface area contributed by atoms with E-state index in [0.29, 0.717) is 18.0 Å². The van der Waals surface area contributed by atoms with Crippen LogP contribution >= 0.6 is 0 Å². The predicted octanol–water partition coefficient (Wildman–Crippen LogP) is 2.07. The van der Waals surface area contributed by atoms with Crippen molar-refractivity contribution in [1.29, 1.82) is 0 Å². The number of nitrogens with one attached hydrogen (secondary N) is 2. The van der Waals surface area contributed by atoms with Crippen LogP contribution < -0.4 is 10.6 Å². The Morgan fingerprint density at radius 3 is 2.09 bits per heavy atom. The molecule has 0 aliphatic heterocycles. The molecule has 22 heavy (non-hydrogen) atoms. The SMILES string of the molecule is Cc1cc(C)c(NC(=O)C(=O)NC(CO)CC(C)C)c(C)c1. The van der Waals surface area contributed by atoms with Gasteiger partial charge in [0.15, 0.2) is 0 Å². The van der Waals surface area contributed by atoms with E-state index in [1.54, 1.807) is 0 Å². The molecule has 1 atom stereocenters. The van der Waals surface area contributed by atoms with Gasteiger partial charge in [0.25, 0.3) is 0 Å². The average molecular weight is 306 g/mol. The summed E-state index contributed by atoms with van der Waals surface area (Å²) in [5.74, 6) is -1.11. The predicted molar refractivity (Wildman–Crippen MR) is 87.8 cm³/mol. The summed E-state index contributed by atoms with van der Waals surface area (Å²) in [6.45, 7) is 9.57. The molecule has 1 aromatic rings. The highest BCUT2D eigenvalue weighted by Gasteiger charge is 2.20. The molecule has 0 fully saturated rings. The third-order valence-electron chi connectivity index (χ3n) is 3.43. The Balaban J connectivity index is 2.74. The topological polar surface area (TPSA) is 78.4 Å². The van der Waals surface area contributed by atoms with E-state index in [1.807, 2.05) is 46.8 Å². The quantitative estimate of drug-likeness (QED) is 0.729. The number of aliphatic hydroxyl groups is 1. The number of hydrogen-bond donors (Lipinski definition) is 3. The van der Waals surface area contributed by atoms with E-state index in [2.05, 4.69) is 10.6 Å². The summed E-state index contributed by atoms with van der Waals surface area (Å²) in [6.07, 6.45) is 0.623. The molecule has 0 aromatic heterocycles. The van der Waals surface area contributed by atoms with Gasteiger partial charge in [-0.25, -0.2) is 0 Å². The van der Waals surface area contributed by atoms with Crippen LogP contribution in [0.3, 0.4) is 0 Å². The van der Waals surface area contributed by atoms with Crippen molar-refractivity contribution in [2.24, 2.45) is 5.92 Å². The van der Waals surface area contributed by atoms with E-state index < -0.39 is 17.9 Å². The van der Waals surface area contributed by atoms with Gasteiger partial charge in [0.05, 0.1) is 12.6 Å². The average Bonchev–Trinajstić information content (AvgIpc) is 2.40. The summed E-state index contributed by atoms with van der Waals surface area (Å²) in [5, 5.41) is 14.5. The fourth-order valence-corrected chi connectivity index (χ4v) is 2.55. The number of carbonyl (C=O) groups excluding carboxylic acids is 2. The van der Waals surface area contributed by atoms with E-state index in [9.17, 15) is 14.7 Å². The second-order valence-corrected chi connectivity index (χ2v) is 6.21. The van der Waals surface area contributed by atoms with Gasteiger partial charge < -0.3 is 15.7 Å². The molecule has 122 valence electrons. The minimum Gasteiger partial charge on any atom is -0.394 e. The van der Waals surface area contributed by atoms with Crippen molar-refractivity contribution in [2.75, 3.05) is 11.9 Å². The van der Waals surface area contributed by atoms with Gasteiger partial charge in [-0.05, 0) is 44.2 Å². The third-order valence-corrected chi connectivity index (χ3v) is 3.43. The Morgan fingerprint density at radius 2 is 1.64 bits per heavy atom. The van der Waals surface area contributed by atoms with Gasteiger partial charge in [-0.2, -0.15) is 0 Å². The zero-order valence-electron chi connectivity index (χ0n) is 14.0. The van der Waals surface area contributed by atoms with Crippen LogP contribution in [-0.2, 0) is 9.59 Å². The van der Waals surface area contributed by atoms with E-state index in [1.165, 1.54) is 0 Å². The van der Waals surface area contributed by atoms with E-state index >= 15 is 0 Å². The lowest BCUT2D eigenvalue weighted by Gasteiger charge is -2.18. The first-order chi connectivity index (χ1) is 10.2. The molecule has 0 heterocycles. The molecule has 5 heteroatoms. The summed E-state index contributed by atoms with van der Waals surface area (Å²) in [5.41, 5.74) is 3.60. The number of carbonyl (C=O) groups is 2. The van der Waals surface area contributed by atoms with Crippen molar-refractivity contribution in [1.82, 2.24) is 5.32 Å². The van der Waals surface area contributed by atoms with Crippen LogP contribution in [0.5, 0.6) is 0 Å². The van der Waals surface area contributed by atoms with Crippen molar-refractivity contribution in [3.63, 3.8) is 0 Å². The van der Waals surface area contributed by atoms with Gasteiger partial charge in [-0.1, -0.05) is 31.5 Å². The smallest absolute Gasteiger partial charge is 0.313 e. The summed E-state index contributed by atoms with van der Waals surface area (Å²) in [7, 11) is 0. The number of aliphatic hydroxyl groups excluding tert-OH is 1. The maximum atomic E-state index is 12.0. The summed E-state index contributed by atoms with van der Waals surface area (Å²) >= 11 is 0. The zero-order valence-corrected chi connectivity index (χ0v) is 14.0. The minimum atomic E-state index is -0.723. The second kappa shape index (κ2) is 7.94. The van der Waals surface area contributed by atoms with Crippen molar-refractivity contribution in [2.45, 2.75) is 47.1 Å². The minimum absolute atomic E-state index is 0.181. The molecule has 0 bridgehead atoms. The molecule has 3 N–H and O–H groups in total. The fraction of sp³-hybridized carbons (Fsp3) is 0.529. The zero-order chi connectivity index (χ0) is 16.9. The highest BCUT2D eigenvalue weighted by atomic mass is 16.3. The van der Waals surface area contributed by atoms with E-state index in [4.69, 9.17) is 0 Å². The van der Waals surface area contributed by atoms with E-state index in [0.717, 1.165) is 16.7 Å². The summed E-state index contributed by atoms with van der Waals surface area (Å²) < 4.78 is 0. The lowest BCUT2D eigenvalue weighted by Crippen LogP contribution is -2.44. The summed E-state index contributed by atoms with van der Waals surface area (Å²) in [4.78, 5) is 24.0. The number of hydrogen-bond acceptors (Lipinski definition) is 3. The molecule has 0 radical (unpaired) electrons. The van der Waals surface area contributed by atoms with Crippen LogP contribution in [0.1, 0.15) is 37.0 Å². The fourth-order valence-electron chi connectivity index (χ4n) is 2.55. The molecule has 0 saturated carbocycles. The van der Waals surface area contributed by atoms with Crippen LogP contribution in [0.15, 0.2) is 12.1 Å². The van der Waals surface area contributed by atoms with Crippen LogP contribution in [-0.4, -0.2) is 29.6 Å². The molecule has 1 aromatic carbocycles. The van der Waals surface area contributed by atoms with Crippen LogP contribution in [0.25, 0.3) is 0 Å². The molecule has 5 nitrogen and oxygen atoms in total. The third kappa shape index (κ3) is 5.15. The Labute approximate surface area is 132 Å². The first-order valence-electron chi connectivity index (χ1n) is 7.55. The van der Waals surface area contributed by atoms with Crippen molar-refractivity contribution in [3.8, 4) is 0 Å². The Hall–Kier alpha value is -1.88. The molecule has 1 rings (SSSR count). The first-order valence-corrected chi connectivity index (χ1v) is 7.55. The molecule has 0 saturated heterocycles. The van der Waals surface area contributed by atoms with Gasteiger partial charge >= 0.3 is 11.8 Å². The maximum Gasteiger partial charge on any atom is 0.313 e. The lowest BCUT2D eigenvalue weighted by atomic mass is 10.0. The number of anilines is 1. The number of amides is 2. The van der Waals surface area contributed by atoms with Gasteiger partial charge in [0, 0.05) is 5.69 Å². The van der Waals surface area contributed by atoms with Crippen LogP contribution in [0, 0.1) is 26.7 Å². The van der Waals surface area contributed by atoms with Crippen LogP contribution in [0.4, 0.5) is 5.69 Å². The Morgan fingerprint density at radius 1 is 1.09 bits per heavy atom. The monoisotopic (exact) mass is 306 g/mol. The normalized spacial score (nSPS) is 12.1. The van der Waals surface area contributed by atoms with Crippen molar-refractivity contribution < 1.29 is 14.7 Å². The summed E-state index contributed by atoms with van der Waals surface area (Å²) in [6, 6.07) is 3.50. The molecular weight excluding hydrogens is 280 g/mol. The van der Waals surface area contributed by atoms with Crippen LogP contribution in [0.2, 0.25) is 0 Å². The molecule has 2 amide bonds. The maximum absolute atomic E-state index is 12.0. The standard InChI is InChI=1S/C17H26N2O3/c1-10(2)6-14(9-20)18-16(21)17(22)19-15-12(4)7-11(3)8-13(15)5/h7-8,10,14,20H,6,9H2,1-5H3,(H,18,21)(H,19,22). The number of aryl methyl sites for hydroxylation is 3. The Bertz CT molecular complexity index is 530. The molecule has 0 aliphatic rings. The molecule has 0 spiro atoms. The highest BCUT2D eigenvalue weighted by Crippen LogP contribution is 2.21. The lowest BCUT2D eigenvalue weighted by molar-refractivity contribution is -0.136. The van der Waals surface area contributed by atoms with Gasteiger partial charge in [-0.15, -0.1) is 0 Å². The van der Waals surface area contributed by atoms with Gasteiger partial charge in [0.2, 0.25) is 0 Å². The highest BCUT2D eigenvalue weighted by molar-refractivity contribution is 6.39. The molecule has 0 aliphatic carbocycles. The van der Waals surface area contributed by atoms with Gasteiger partial charge in [0.1, 0.15) is 0 Å². The largest absolute Gasteiger partial charge is 0.394 e. The van der Waals surface area contributed by atoms with Gasteiger partial charge in [-0.3, -0.25) is 9.59 Å². The molecular formula is C17H26N2O3. The van der Waals surface area contributed by atoms with E-state index in [-0.39, 0.29) is 6.61 Å². The number of benzene rings is 1. The second-order valence-electron chi connectivity index (χ2n) is 6.21. The number of rotatable bonds is 5. The van der Waals surface area contributed by atoms with Crippen molar-refractivity contribution >= 4 is 17.5 Å². The van der Waals surface area contributed by atoms with Crippen molar-refractivity contribution in [3.05, 3.63) is 28.8 Å². The molecule has 1 unspecified atom stereocenters.